The fraction of sp³-hybridized carbons (Fsp3) is 0.200. The van der Waals surface area contributed by atoms with E-state index in [2.05, 4.69) is 12.1 Å². The van der Waals surface area contributed by atoms with Crippen LogP contribution in [0, 0.1) is 5.82 Å². The van der Waals surface area contributed by atoms with Crippen LogP contribution in [-0.2, 0) is 6.42 Å². The van der Waals surface area contributed by atoms with Crippen molar-refractivity contribution in [2.45, 2.75) is 18.9 Å². The van der Waals surface area contributed by atoms with Gasteiger partial charge in [0.15, 0.2) is 0 Å². The molecule has 0 spiro atoms. The Morgan fingerprint density at radius 1 is 1.06 bits per heavy atom. The number of halogens is 2. The minimum Gasteiger partial charge on any atom is -0.324 e. The fourth-order valence-electron chi connectivity index (χ4n) is 1.93. The summed E-state index contributed by atoms with van der Waals surface area (Å²) in [5, 5.41) is 0.137. The van der Waals surface area contributed by atoms with Crippen LogP contribution in [0.25, 0.3) is 0 Å². The van der Waals surface area contributed by atoms with Crippen molar-refractivity contribution in [1.82, 2.24) is 0 Å². The van der Waals surface area contributed by atoms with E-state index in [9.17, 15) is 4.39 Å². The third-order valence-electron chi connectivity index (χ3n) is 2.97. The SMILES string of the molecule is NC(CCc1ccccc1)c1cccc(F)c1Cl. The third kappa shape index (κ3) is 3.09. The second-order valence-electron chi connectivity index (χ2n) is 4.27. The first-order valence-corrected chi connectivity index (χ1v) is 6.29. The number of rotatable bonds is 4. The van der Waals surface area contributed by atoms with Gasteiger partial charge < -0.3 is 5.73 Å². The zero-order valence-corrected chi connectivity index (χ0v) is 10.7. The van der Waals surface area contributed by atoms with E-state index in [0.29, 0.717) is 5.56 Å². The number of aryl methyl sites for hydroxylation is 1. The lowest BCUT2D eigenvalue weighted by Crippen LogP contribution is -2.12. The number of nitrogens with two attached hydrogens (primary N) is 1. The molecule has 0 aliphatic carbocycles. The molecule has 2 N–H and O–H groups in total. The zero-order valence-electron chi connectivity index (χ0n) is 9.94. The van der Waals surface area contributed by atoms with Gasteiger partial charge >= 0.3 is 0 Å². The lowest BCUT2D eigenvalue weighted by Gasteiger charge is -2.14. The average molecular weight is 264 g/mol. The predicted molar refractivity (Wildman–Crippen MR) is 73.1 cm³/mol. The molecule has 0 aliphatic rings. The summed E-state index contributed by atoms with van der Waals surface area (Å²) in [6, 6.07) is 14.6. The minimum atomic E-state index is -0.413. The molecule has 0 heterocycles. The van der Waals surface area contributed by atoms with E-state index >= 15 is 0 Å². The maximum atomic E-state index is 13.3. The summed E-state index contributed by atoms with van der Waals surface area (Å²) in [4.78, 5) is 0. The van der Waals surface area contributed by atoms with E-state index in [-0.39, 0.29) is 11.1 Å². The normalized spacial score (nSPS) is 12.4. The van der Waals surface area contributed by atoms with Crippen LogP contribution in [0.1, 0.15) is 23.6 Å². The van der Waals surface area contributed by atoms with Crippen molar-refractivity contribution in [2.24, 2.45) is 5.73 Å². The molecule has 0 radical (unpaired) electrons. The van der Waals surface area contributed by atoms with E-state index in [1.807, 2.05) is 18.2 Å². The summed E-state index contributed by atoms with van der Waals surface area (Å²) in [5.41, 5.74) is 7.96. The van der Waals surface area contributed by atoms with Crippen LogP contribution in [0.3, 0.4) is 0 Å². The summed E-state index contributed by atoms with van der Waals surface area (Å²) in [6.07, 6.45) is 1.60. The highest BCUT2D eigenvalue weighted by molar-refractivity contribution is 6.31. The second-order valence-corrected chi connectivity index (χ2v) is 4.65. The molecule has 0 saturated carbocycles. The van der Waals surface area contributed by atoms with Crippen molar-refractivity contribution in [3.8, 4) is 0 Å². The monoisotopic (exact) mass is 263 g/mol. The lowest BCUT2D eigenvalue weighted by atomic mass is 9.99. The molecule has 2 aromatic rings. The maximum absolute atomic E-state index is 13.3. The van der Waals surface area contributed by atoms with E-state index in [1.54, 1.807) is 12.1 Å². The summed E-state index contributed by atoms with van der Waals surface area (Å²) in [6.45, 7) is 0. The predicted octanol–water partition coefficient (Wildman–Crippen LogP) is 4.11. The van der Waals surface area contributed by atoms with Crippen molar-refractivity contribution in [3.63, 3.8) is 0 Å². The third-order valence-corrected chi connectivity index (χ3v) is 3.37. The van der Waals surface area contributed by atoms with Gasteiger partial charge in [0, 0.05) is 6.04 Å². The number of hydrogen-bond donors (Lipinski definition) is 1. The Bertz CT molecular complexity index is 513. The Kier molecular flexibility index (Phi) is 4.34. The second kappa shape index (κ2) is 5.98. The van der Waals surface area contributed by atoms with E-state index < -0.39 is 5.82 Å². The van der Waals surface area contributed by atoms with Crippen LogP contribution in [0.4, 0.5) is 4.39 Å². The zero-order chi connectivity index (χ0) is 13.0. The molecule has 1 nitrogen and oxygen atoms in total. The Labute approximate surface area is 111 Å². The van der Waals surface area contributed by atoms with Crippen LogP contribution < -0.4 is 5.73 Å². The van der Waals surface area contributed by atoms with Gasteiger partial charge in [-0.15, -0.1) is 0 Å². The molecule has 2 rings (SSSR count). The van der Waals surface area contributed by atoms with Gasteiger partial charge in [0.05, 0.1) is 5.02 Å². The standard InChI is InChI=1S/C15H15ClFN/c16-15-12(7-4-8-13(15)17)14(18)10-9-11-5-2-1-3-6-11/h1-8,14H,9-10,18H2. The molecule has 1 atom stereocenters. The molecule has 3 heteroatoms. The number of hydrogen-bond acceptors (Lipinski definition) is 1. The molecule has 0 amide bonds. The molecule has 0 bridgehead atoms. The Morgan fingerprint density at radius 3 is 2.50 bits per heavy atom. The quantitative estimate of drug-likeness (QED) is 0.883. The largest absolute Gasteiger partial charge is 0.324 e. The molecule has 94 valence electrons. The average Bonchev–Trinajstić information content (AvgIpc) is 2.40. The first kappa shape index (κ1) is 13.1. The van der Waals surface area contributed by atoms with E-state index in [4.69, 9.17) is 17.3 Å². The Hall–Kier alpha value is -1.38. The van der Waals surface area contributed by atoms with Gasteiger partial charge in [0.2, 0.25) is 0 Å². The Morgan fingerprint density at radius 2 is 1.78 bits per heavy atom. The topological polar surface area (TPSA) is 26.0 Å². The lowest BCUT2D eigenvalue weighted by molar-refractivity contribution is 0.610. The van der Waals surface area contributed by atoms with Gasteiger partial charge in [0.25, 0.3) is 0 Å². The van der Waals surface area contributed by atoms with Crippen LogP contribution in [0.2, 0.25) is 5.02 Å². The maximum Gasteiger partial charge on any atom is 0.142 e. The van der Waals surface area contributed by atoms with Gasteiger partial charge in [-0.2, -0.15) is 0 Å². The Balaban J connectivity index is 2.04. The molecule has 18 heavy (non-hydrogen) atoms. The summed E-state index contributed by atoms with van der Waals surface area (Å²) in [7, 11) is 0. The highest BCUT2D eigenvalue weighted by Gasteiger charge is 2.12. The highest BCUT2D eigenvalue weighted by atomic mass is 35.5. The van der Waals surface area contributed by atoms with E-state index in [0.717, 1.165) is 12.8 Å². The molecule has 0 saturated heterocycles. The molecular formula is C15H15ClFN. The molecule has 1 unspecified atom stereocenters. The smallest absolute Gasteiger partial charge is 0.142 e. The van der Waals surface area contributed by atoms with Crippen LogP contribution >= 0.6 is 11.6 Å². The van der Waals surface area contributed by atoms with Gasteiger partial charge in [0.1, 0.15) is 5.82 Å². The van der Waals surface area contributed by atoms with Gasteiger partial charge in [-0.25, -0.2) is 4.39 Å². The highest BCUT2D eigenvalue weighted by Crippen LogP contribution is 2.26. The first-order valence-electron chi connectivity index (χ1n) is 5.92. The number of benzene rings is 2. The van der Waals surface area contributed by atoms with Crippen molar-refractivity contribution >= 4 is 11.6 Å². The summed E-state index contributed by atoms with van der Waals surface area (Å²) in [5.74, 6) is -0.413. The summed E-state index contributed by atoms with van der Waals surface area (Å²) >= 11 is 5.91. The van der Waals surface area contributed by atoms with Crippen molar-refractivity contribution in [1.29, 1.82) is 0 Å². The van der Waals surface area contributed by atoms with Crippen molar-refractivity contribution < 1.29 is 4.39 Å². The minimum absolute atomic E-state index is 0.137. The van der Waals surface area contributed by atoms with Gasteiger partial charge in [-0.1, -0.05) is 54.1 Å². The van der Waals surface area contributed by atoms with Crippen molar-refractivity contribution in [2.75, 3.05) is 0 Å². The van der Waals surface area contributed by atoms with E-state index in [1.165, 1.54) is 11.6 Å². The molecule has 2 aromatic carbocycles. The fourth-order valence-corrected chi connectivity index (χ4v) is 2.20. The van der Waals surface area contributed by atoms with Gasteiger partial charge in [-0.05, 0) is 30.0 Å². The summed E-state index contributed by atoms with van der Waals surface area (Å²) < 4.78 is 13.3. The molecular weight excluding hydrogens is 249 g/mol. The molecule has 0 fully saturated rings. The molecule has 0 aromatic heterocycles. The van der Waals surface area contributed by atoms with Crippen LogP contribution in [0.5, 0.6) is 0 Å². The van der Waals surface area contributed by atoms with Crippen LogP contribution in [-0.4, -0.2) is 0 Å². The van der Waals surface area contributed by atoms with Crippen molar-refractivity contribution in [3.05, 3.63) is 70.5 Å². The van der Waals surface area contributed by atoms with Crippen LogP contribution in [0.15, 0.2) is 48.5 Å². The van der Waals surface area contributed by atoms with Gasteiger partial charge in [-0.3, -0.25) is 0 Å². The molecule has 0 aliphatic heterocycles. The first-order chi connectivity index (χ1) is 8.68.